The highest BCUT2D eigenvalue weighted by Gasteiger charge is 2.55. The third-order valence-electron chi connectivity index (χ3n) is 9.90. The number of halogens is 3. The predicted molar refractivity (Wildman–Crippen MR) is 163 cm³/mol. The number of nitrogens with zero attached hydrogens (tertiary/aromatic N) is 6. The molecule has 236 valence electrons. The van der Waals surface area contributed by atoms with Crippen LogP contribution >= 0.6 is 11.6 Å². The van der Waals surface area contributed by atoms with E-state index in [1.54, 1.807) is 11.0 Å². The van der Waals surface area contributed by atoms with Gasteiger partial charge in [-0.25, -0.2) is 13.8 Å². The largest absolute Gasteiger partial charge is 0.359 e. The van der Waals surface area contributed by atoms with Crippen LogP contribution < -0.4 is 0 Å². The second-order valence-electron chi connectivity index (χ2n) is 14.2. The molecular weight excluding hydrogens is 586 g/mol. The van der Waals surface area contributed by atoms with E-state index in [2.05, 4.69) is 49.6 Å². The number of carbonyl (C=O) groups is 1. The lowest BCUT2D eigenvalue weighted by Crippen LogP contribution is -2.49. The monoisotopic (exact) mass is 626 g/mol. The van der Waals surface area contributed by atoms with Crippen LogP contribution in [-0.4, -0.2) is 67.2 Å². The molecule has 3 atom stereocenters. The Kier molecular flexibility index (Phi) is 7.65. The van der Waals surface area contributed by atoms with E-state index in [0.717, 1.165) is 23.0 Å². The van der Waals surface area contributed by atoms with Crippen LogP contribution in [0.3, 0.4) is 0 Å². The lowest BCUT2D eigenvalue weighted by molar-refractivity contribution is -0.151. The molecule has 1 amide bonds. The molecule has 1 aromatic carbocycles. The minimum atomic E-state index is -0.687. The normalized spacial score (nSPS) is 23.9. The van der Waals surface area contributed by atoms with Crippen LogP contribution in [0.4, 0.5) is 8.78 Å². The summed E-state index contributed by atoms with van der Waals surface area (Å²) < 4.78 is 37.5. The van der Waals surface area contributed by atoms with E-state index in [4.69, 9.17) is 21.3 Å². The van der Waals surface area contributed by atoms with Crippen molar-refractivity contribution in [3.05, 3.63) is 75.6 Å². The van der Waals surface area contributed by atoms with Crippen LogP contribution in [0.1, 0.15) is 87.8 Å². The number of aryl methyl sites for hydroxylation is 2. The first kappa shape index (κ1) is 31.0. The first-order chi connectivity index (χ1) is 20.6. The van der Waals surface area contributed by atoms with Crippen LogP contribution in [0.5, 0.6) is 0 Å². The smallest absolute Gasteiger partial charge is 0.227 e. The molecule has 0 bridgehead atoms. The molecule has 2 saturated heterocycles. The van der Waals surface area contributed by atoms with E-state index in [1.165, 1.54) is 12.1 Å². The molecule has 2 fully saturated rings. The highest BCUT2D eigenvalue weighted by atomic mass is 35.5. The standard InChI is InChI=1S/C33H41ClF2N6O2/c1-19-25(34)15-22-27(38-19)33(44-28(22)32(5,6)30-37-18-40(7)39-30)10-12-41(13-11-33)29(43)24-17-42(31(2,3)4)16-23(24)21-9-8-20(35)14-26(21)36/h8-9,14-15,18,23-24,28H,10-13,16-17H2,1-7H3/t23-,24+,28?/m0/s1. The summed E-state index contributed by atoms with van der Waals surface area (Å²) in [6, 6.07) is 5.64. The molecule has 3 aromatic rings. The quantitative estimate of drug-likeness (QED) is 0.363. The number of carbonyl (C=O) groups excluding carboxylic acids is 1. The van der Waals surface area contributed by atoms with Gasteiger partial charge in [0.05, 0.1) is 33.8 Å². The number of piperidine rings is 1. The van der Waals surface area contributed by atoms with E-state index in [9.17, 15) is 9.18 Å². The SMILES string of the molecule is Cc1nc2c(cc1Cl)C(C(C)(C)c1ncn(C)n1)OC21CCN(C(=O)[C@@H]2CN(C(C)(C)C)C[C@H]2c2ccc(F)cc2F)CC1. The van der Waals surface area contributed by atoms with E-state index in [1.807, 2.05) is 24.9 Å². The van der Waals surface area contributed by atoms with Crippen molar-refractivity contribution < 1.29 is 18.3 Å². The molecule has 3 aliphatic rings. The van der Waals surface area contributed by atoms with Crippen molar-refractivity contribution >= 4 is 17.5 Å². The number of pyridine rings is 1. The third-order valence-corrected chi connectivity index (χ3v) is 10.3. The van der Waals surface area contributed by atoms with Crippen LogP contribution in [0.25, 0.3) is 0 Å². The number of hydrogen-bond acceptors (Lipinski definition) is 6. The first-order valence-corrected chi connectivity index (χ1v) is 15.7. The van der Waals surface area contributed by atoms with E-state index in [-0.39, 0.29) is 23.5 Å². The summed E-state index contributed by atoms with van der Waals surface area (Å²) in [4.78, 5) is 27.8. The van der Waals surface area contributed by atoms with Crippen molar-refractivity contribution in [1.29, 1.82) is 0 Å². The van der Waals surface area contributed by atoms with Crippen molar-refractivity contribution in [2.75, 3.05) is 26.2 Å². The van der Waals surface area contributed by atoms with Gasteiger partial charge in [0.1, 0.15) is 23.6 Å². The molecule has 5 heterocycles. The van der Waals surface area contributed by atoms with E-state index >= 15 is 4.39 Å². The zero-order chi connectivity index (χ0) is 31.8. The zero-order valence-electron chi connectivity index (χ0n) is 26.5. The van der Waals surface area contributed by atoms with Gasteiger partial charge in [0.15, 0.2) is 5.82 Å². The number of rotatable bonds is 4. The predicted octanol–water partition coefficient (Wildman–Crippen LogP) is 5.83. The Morgan fingerprint density at radius 2 is 1.77 bits per heavy atom. The molecule has 2 aromatic heterocycles. The van der Waals surface area contributed by atoms with Gasteiger partial charge in [-0.2, -0.15) is 5.10 Å². The Morgan fingerprint density at radius 1 is 1.07 bits per heavy atom. The van der Waals surface area contributed by atoms with Gasteiger partial charge in [-0.3, -0.25) is 19.4 Å². The van der Waals surface area contributed by atoms with Gasteiger partial charge in [-0.1, -0.05) is 17.7 Å². The maximum absolute atomic E-state index is 15.0. The fourth-order valence-electron chi connectivity index (χ4n) is 7.19. The molecule has 11 heteroatoms. The highest BCUT2D eigenvalue weighted by molar-refractivity contribution is 6.31. The van der Waals surface area contributed by atoms with Gasteiger partial charge in [-0.05, 0) is 72.1 Å². The van der Waals surface area contributed by atoms with Gasteiger partial charge in [0.2, 0.25) is 5.91 Å². The van der Waals surface area contributed by atoms with Crippen LogP contribution in [0.15, 0.2) is 30.6 Å². The Hall–Kier alpha value is -2.95. The van der Waals surface area contributed by atoms with Gasteiger partial charge in [0.25, 0.3) is 0 Å². The summed E-state index contributed by atoms with van der Waals surface area (Å²) in [5.41, 5.74) is 1.47. The van der Waals surface area contributed by atoms with Gasteiger partial charge in [0, 0.05) is 56.3 Å². The molecular formula is C33H41ClF2N6O2. The molecule has 1 spiro atoms. The summed E-state index contributed by atoms with van der Waals surface area (Å²) in [5, 5.41) is 5.17. The Bertz CT molecular complexity index is 1590. The molecule has 1 unspecified atom stereocenters. The number of benzene rings is 1. The third kappa shape index (κ3) is 5.22. The first-order valence-electron chi connectivity index (χ1n) is 15.3. The Labute approximate surface area is 262 Å². The topological polar surface area (TPSA) is 76.4 Å². The van der Waals surface area contributed by atoms with Crippen LogP contribution in [0.2, 0.25) is 5.02 Å². The molecule has 3 aliphatic heterocycles. The van der Waals surface area contributed by atoms with E-state index in [0.29, 0.717) is 55.4 Å². The summed E-state index contributed by atoms with van der Waals surface area (Å²) in [5.74, 6) is -1.38. The number of hydrogen-bond donors (Lipinski definition) is 0. The average molecular weight is 627 g/mol. The lowest BCUT2D eigenvalue weighted by atomic mass is 9.81. The maximum Gasteiger partial charge on any atom is 0.227 e. The van der Waals surface area contributed by atoms with E-state index < -0.39 is 28.6 Å². The average Bonchev–Trinajstić information content (AvgIpc) is 3.67. The molecule has 0 aliphatic carbocycles. The fraction of sp³-hybridized carbons (Fsp3) is 0.576. The molecule has 8 nitrogen and oxygen atoms in total. The Morgan fingerprint density at radius 3 is 2.39 bits per heavy atom. The molecule has 0 radical (unpaired) electrons. The molecule has 44 heavy (non-hydrogen) atoms. The number of likely N-dealkylation sites (tertiary alicyclic amines) is 2. The second-order valence-corrected chi connectivity index (χ2v) is 14.6. The number of amides is 1. The summed E-state index contributed by atoms with van der Waals surface area (Å²) in [6.07, 6.45) is 2.43. The van der Waals surface area contributed by atoms with Crippen molar-refractivity contribution in [1.82, 2.24) is 29.5 Å². The Balaban J connectivity index is 1.27. The minimum Gasteiger partial charge on any atom is -0.359 e. The van der Waals surface area contributed by atoms with Gasteiger partial charge < -0.3 is 9.64 Å². The van der Waals surface area contributed by atoms with Crippen molar-refractivity contribution in [3.8, 4) is 0 Å². The highest BCUT2D eigenvalue weighted by Crippen LogP contribution is 2.55. The fourth-order valence-corrected chi connectivity index (χ4v) is 7.35. The maximum atomic E-state index is 15.0. The second kappa shape index (κ2) is 10.8. The summed E-state index contributed by atoms with van der Waals surface area (Å²) in [7, 11) is 1.84. The van der Waals surface area contributed by atoms with Crippen LogP contribution in [0, 0.1) is 24.5 Å². The lowest BCUT2D eigenvalue weighted by Gasteiger charge is -2.41. The molecule has 0 saturated carbocycles. The molecule has 0 N–H and O–H groups in total. The van der Waals surface area contributed by atoms with Crippen molar-refractivity contribution in [2.24, 2.45) is 13.0 Å². The zero-order valence-corrected chi connectivity index (χ0v) is 27.3. The number of fused-ring (bicyclic) bond motifs is 2. The van der Waals surface area contributed by atoms with Crippen LogP contribution in [-0.2, 0) is 27.6 Å². The van der Waals surface area contributed by atoms with Gasteiger partial charge >= 0.3 is 0 Å². The minimum absolute atomic E-state index is 0.00615. The summed E-state index contributed by atoms with van der Waals surface area (Å²) >= 11 is 6.59. The van der Waals surface area contributed by atoms with Crippen molar-refractivity contribution in [3.63, 3.8) is 0 Å². The number of ether oxygens (including phenoxy) is 1. The molecule has 6 rings (SSSR count). The van der Waals surface area contributed by atoms with Gasteiger partial charge in [-0.15, -0.1) is 0 Å². The summed E-state index contributed by atoms with van der Waals surface area (Å²) in [6.45, 7) is 14.3. The van der Waals surface area contributed by atoms with Crippen molar-refractivity contribution in [2.45, 2.75) is 83.0 Å². The number of aromatic nitrogens is 4.